The van der Waals surface area contributed by atoms with Crippen molar-refractivity contribution in [1.82, 2.24) is 29.9 Å². The van der Waals surface area contributed by atoms with E-state index in [0.717, 1.165) is 29.6 Å². The lowest BCUT2D eigenvalue weighted by Gasteiger charge is -2.27. The second-order valence-corrected chi connectivity index (χ2v) is 7.99. The van der Waals surface area contributed by atoms with Gasteiger partial charge < -0.3 is 4.90 Å². The van der Waals surface area contributed by atoms with E-state index in [2.05, 4.69) is 20.4 Å². The maximum atomic E-state index is 13.1. The molecule has 2 aromatic heterocycles. The Morgan fingerprint density at radius 1 is 1.18 bits per heavy atom. The van der Waals surface area contributed by atoms with Crippen LogP contribution in [0.4, 0.5) is 0 Å². The number of hydrogen-bond acceptors (Lipinski definition) is 4. The lowest BCUT2D eigenvalue weighted by Crippen LogP contribution is -2.34. The maximum Gasteiger partial charge on any atom is 0.343 e. The number of H-pyrrole nitrogens is 2. The van der Waals surface area contributed by atoms with E-state index in [0.29, 0.717) is 30.5 Å². The van der Waals surface area contributed by atoms with Crippen molar-refractivity contribution in [3.05, 3.63) is 46.3 Å². The largest absolute Gasteiger partial charge is 0.343 e. The third-order valence-corrected chi connectivity index (χ3v) is 6.30. The first-order valence-electron chi connectivity index (χ1n) is 9.96. The summed E-state index contributed by atoms with van der Waals surface area (Å²) in [6, 6.07) is 7.82. The van der Waals surface area contributed by atoms with E-state index in [1.54, 1.807) is 11.6 Å². The summed E-state index contributed by atoms with van der Waals surface area (Å²) in [6.45, 7) is 0.732. The molecule has 1 aliphatic carbocycles. The Balaban J connectivity index is 1.37. The van der Waals surface area contributed by atoms with E-state index in [1.807, 2.05) is 29.2 Å². The van der Waals surface area contributed by atoms with Crippen molar-refractivity contribution in [3.8, 4) is 0 Å². The van der Waals surface area contributed by atoms with Crippen molar-refractivity contribution in [1.29, 1.82) is 0 Å². The van der Waals surface area contributed by atoms with Crippen molar-refractivity contribution in [2.75, 3.05) is 6.54 Å². The number of aromatic amines is 2. The molecule has 2 atom stereocenters. The van der Waals surface area contributed by atoms with Gasteiger partial charge in [-0.1, -0.05) is 18.2 Å². The fourth-order valence-electron chi connectivity index (χ4n) is 4.65. The van der Waals surface area contributed by atoms with Gasteiger partial charge in [0, 0.05) is 31.1 Å². The summed E-state index contributed by atoms with van der Waals surface area (Å²) in [4.78, 5) is 27.0. The standard InChI is InChI=1S/C20H24N6O2/c1-25-19(23-24-20(25)28)18-13(12-6-7-12)10-11-26(18)17(27)9-8-16-14-4-2-3-5-15(14)21-22-16/h2-5,12-13,18H,6-11H2,1H3,(H,21,22)(H,24,28). The molecule has 1 amide bonds. The number of para-hydroxylation sites is 1. The van der Waals surface area contributed by atoms with Crippen LogP contribution in [0.5, 0.6) is 0 Å². The molecular weight excluding hydrogens is 356 g/mol. The molecule has 8 nitrogen and oxygen atoms in total. The molecule has 5 rings (SSSR count). The van der Waals surface area contributed by atoms with Crippen molar-refractivity contribution in [2.45, 2.75) is 38.1 Å². The SMILES string of the molecule is Cn1c(C2C(C3CC3)CCN2C(=O)CCc2[nH]nc3ccccc23)n[nH]c1=O. The number of hydrogen-bond donors (Lipinski definition) is 2. The van der Waals surface area contributed by atoms with Crippen molar-refractivity contribution in [3.63, 3.8) is 0 Å². The summed E-state index contributed by atoms with van der Waals surface area (Å²) in [6.07, 6.45) is 4.44. The molecule has 0 bridgehead atoms. The molecule has 28 heavy (non-hydrogen) atoms. The number of nitrogens with one attached hydrogen (secondary N) is 2. The van der Waals surface area contributed by atoms with Crippen molar-refractivity contribution in [2.24, 2.45) is 18.9 Å². The van der Waals surface area contributed by atoms with Gasteiger partial charge in [0.1, 0.15) is 0 Å². The van der Waals surface area contributed by atoms with Gasteiger partial charge >= 0.3 is 5.69 Å². The Labute approximate surface area is 161 Å². The number of carbonyl (C=O) groups excluding carboxylic acids is 1. The number of fused-ring (bicyclic) bond motifs is 1. The van der Waals surface area contributed by atoms with Crippen LogP contribution in [0.15, 0.2) is 29.1 Å². The first kappa shape index (κ1) is 17.2. The van der Waals surface area contributed by atoms with E-state index >= 15 is 0 Å². The number of likely N-dealkylation sites (tertiary alicyclic amines) is 1. The predicted octanol–water partition coefficient (Wildman–Crippen LogP) is 1.92. The van der Waals surface area contributed by atoms with Crippen LogP contribution in [0.25, 0.3) is 10.9 Å². The van der Waals surface area contributed by atoms with Crippen LogP contribution in [0.2, 0.25) is 0 Å². The smallest absolute Gasteiger partial charge is 0.332 e. The average molecular weight is 380 g/mol. The number of rotatable bonds is 5. The highest BCUT2D eigenvalue weighted by Crippen LogP contribution is 2.50. The topological polar surface area (TPSA) is 99.7 Å². The fraction of sp³-hybridized carbons (Fsp3) is 0.500. The lowest BCUT2D eigenvalue weighted by atomic mass is 9.94. The van der Waals surface area contributed by atoms with E-state index in [1.165, 1.54) is 12.8 Å². The molecule has 1 aromatic carbocycles. The summed E-state index contributed by atoms with van der Waals surface area (Å²) in [5.74, 6) is 1.83. The number of aryl methyl sites for hydroxylation is 1. The Kier molecular flexibility index (Phi) is 4.07. The van der Waals surface area contributed by atoms with E-state index in [4.69, 9.17) is 0 Å². The zero-order chi connectivity index (χ0) is 19.3. The van der Waals surface area contributed by atoms with E-state index < -0.39 is 0 Å². The van der Waals surface area contributed by atoms with Gasteiger partial charge in [0.2, 0.25) is 5.91 Å². The summed E-state index contributed by atoms with van der Waals surface area (Å²) in [5.41, 5.74) is 1.68. The van der Waals surface area contributed by atoms with Gasteiger partial charge in [0.25, 0.3) is 0 Å². The first-order valence-corrected chi connectivity index (χ1v) is 9.96. The average Bonchev–Trinajstić information content (AvgIpc) is 3.19. The van der Waals surface area contributed by atoms with Gasteiger partial charge in [0.05, 0.1) is 11.6 Å². The molecule has 2 N–H and O–H groups in total. The number of aromatic nitrogens is 5. The van der Waals surface area contributed by atoms with E-state index in [-0.39, 0.29) is 17.6 Å². The molecule has 2 unspecified atom stereocenters. The van der Waals surface area contributed by atoms with Crippen LogP contribution in [0.3, 0.4) is 0 Å². The van der Waals surface area contributed by atoms with Crippen molar-refractivity contribution < 1.29 is 4.79 Å². The highest BCUT2D eigenvalue weighted by Gasteiger charge is 2.47. The van der Waals surface area contributed by atoms with Crippen LogP contribution in [0.1, 0.15) is 43.2 Å². The van der Waals surface area contributed by atoms with Crippen LogP contribution >= 0.6 is 0 Å². The quantitative estimate of drug-likeness (QED) is 0.706. The highest BCUT2D eigenvalue weighted by molar-refractivity contribution is 5.82. The number of benzene rings is 1. The lowest BCUT2D eigenvalue weighted by molar-refractivity contribution is -0.132. The van der Waals surface area contributed by atoms with Crippen molar-refractivity contribution >= 4 is 16.8 Å². The maximum absolute atomic E-state index is 13.1. The molecule has 2 fully saturated rings. The molecule has 146 valence electrons. The first-order chi connectivity index (χ1) is 13.6. The zero-order valence-electron chi connectivity index (χ0n) is 15.9. The van der Waals surface area contributed by atoms with Gasteiger partial charge in [-0.25, -0.2) is 9.89 Å². The summed E-state index contributed by atoms with van der Waals surface area (Å²) in [7, 11) is 1.73. The van der Waals surface area contributed by atoms with Crippen LogP contribution in [0, 0.1) is 11.8 Å². The van der Waals surface area contributed by atoms with Crippen LogP contribution < -0.4 is 5.69 Å². The normalized spacial score (nSPS) is 22.2. The minimum Gasteiger partial charge on any atom is -0.332 e. The van der Waals surface area contributed by atoms with Crippen LogP contribution in [-0.4, -0.2) is 42.3 Å². The molecule has 1 aliphatic heterocycles. The minimum absolute atomic E-state index is 0.109. The summed E-state index contributed by atoms with van der Waals surface area (Å²) in [5, 5.41) is 15.2. The second-order valence-electron chi connectivity index (χ2n) is 7.99. The monoisotopic (exact) mass is 380 g/mol. The van der Waals surface area contributed by atoms with Gasteiger partial charge in [0.15, 0.2) is 5.82 Å². The Hall–Kier alpha value is -2.90. The fourth-order valence-corrected chi connectivity index (χ4v) is 4.65. The van der Waals surface area contributed by atoms with E-state index in [9.17, 15) is 9.59 Å². The highest BCUT2D eigenvalue weighted by atomic mass is 16.2. The number of carbonyl (C=O) groups is 1. The zero-order valence-corrected chi connectivity index (χ0v) is 15.9. The molecule has 2 aliphatic rings. The molecule has 0 spiro atoms. The molecular formula is C20H24N6O2. The molecule has 1 saturated heterocycles. The molecule has 3 heterocycles. The second kappa shape index (κ2) is 6.61. The van der Waals surface area contributed by atoms with Gasteiger partial charge in [-0.2, -0.15) is 10.2 Å². The third-order valence-electron chi connectivity index (χ3n) is 6.30. The molecule has 8 heteroatoms. The molecule has 0 radical (unpaired) electrons. The number of nitrogens with zero attached hydrogens (tertiary/aromatic N) is 4. The van der Waals surface area contributed by atoms with Gasteiger partial charge in [-0.05, 0) is 43.6 Å². The summed E-state index contributed by atoms with van der Waals surface area (Å²) < 4.78 is 1.55. The Morgan fingerprint density at radius 3 is 2.75 bits per heavy atom. The number of amides is 1. The third kappa shape index (κ3) is 2.83. The molecule has 1 saturated carbocycles. The minimum atomic E-state index is -0.229. The summed E-state index contributed by atoms with van der Waals surface area (Å²) >= 11 is 0. The molecule has 3 aromatic rings. The predicted molar refractivity (Wildman–Crippen MR) is 104 cm³/mol. The Morgan fingerprint density at radius 2 is 2.00 bits per heavy atom. The van der Waals surface area contributed by atoms with Gasteiger partial charge in [-0.15, -0.1) is 0 Å². The Bertz CT molecular complexity index is 1080. The van der Waals surface area contributed by atoms with Gasteiger partial charge in [-0.3, -0.25) is 14.5 Å². The van der Waals surface area contributed by atoms with Crippen LogP contribution in [-0.2, 0) is 18.3 Å².